The van der Waals surface area contributed by atoms with E-state index in [9.17, 15) is 0 Å². The van der Waals surface area contributed by atoms with Crippen LogP contribution in [0, 0.1) is 0 Å². The summed E-state index contributed by atoms with van der Waals surface area (Å²) in [6, 6.07) is 69.2. The van der Waals surface area contributed by atoms with Gasteiger partial charge in [0.25, 0.3) is 0 Å². The summed E-state index contributed by atoms with van der Waals surface area (Å²) in [6.07, 6.45) is 3.68. The fourth-order valence-electron chi connectivity index (χ4n) is 8.45. The van der Waals surface area contributed by atoms with E-state index in [2.05, 4.69) is 187 Å². The van der Waals surface area contributed by atoms with Gasteiger partial charge in [-0.15, -0.1) is 22.7 Å². The minimum atomic E-state index is 0.610. The maximum Gasteiger partial charge on any atom is 0.164 e. The van der Waals surface area contributed by atoms with E-state index in [0.717, 1.165) is 61.2 Å². The second kappa shape index (κ2) is 15.1. The fourth-order valence-corrected chi connectivity index (χ4v) is 10.6. The molecule has 8 aromatic carbocycles. The Bertz CT molecular complexity index is 3380. The van der Waals surface area contributed by atoms with Gasteiger partial charge in [0.15, 0.2) is 17.5 Å². The van der Waals surface area contributed by atoms with Gasteiger partial charge in [0.05, 0.1) is 0 Å². The molecule has 4 heterocycles. The van der Waals surface area contributed by atoms with Crippen molar-refractivity contribution in [3.8, 4) is 78.7 Å². The molecule has 0 spiro atoms. The number of hydrogen-bond acceptors (Lipinski definition) is 6. The molecule has 12 rings (SSSR count). The van der Waals surface area contributed by atoms with Gasteiger partial charge in [-0.2, -0.15) is 0 Å². The highest BCUT2D eigenvalue weighted by Gasteiger charge is 2.17. The van der Waals surface area contributed by atoms with Crippen LogP contribution >= 0.6 is 22.7 Å². The van der Waals surface area contributed by atoms with E-state index in [0.29, 0.717) is 17.5 Å². The summed E-state index contributed by atoms with van der Waals surface area (Å²) in [7, 11) is 0. The SMILES string of the molecule is c1ccc(-c2ccc(-c3nc(-c4ccc(-c5cccnc5)cc4)nc(-c4cc(-c5ccc6sc7ccccc7c6c5)cc(-c5ccc6sc7ccccc7c6c5)c4)n3)cc2)cc1. The second-order valence-electron chi connectivity index (χ2n) is 15.5. The van der Waals surface area contributed by atoms with Gasteiger partial charge >= 0.3 is 0 Å². The van der Waals surface area contributed by atoms with Crippen molar-refractivity contribution < 1.29 is 0 Å². The standard InChI is InChI=1S/C56H34N4S2/c1-2-9-35(10-3-1)36-16-20-38(21-17-36)54-58-55(39-22-18-37(19-23-39)42-11-8-28-57-34-42)60-56(59-54)45-30-43(40-24-26-52-48(32-40)46-12-4-6-14-50(46)61-52)29-44(31-45)41-25-27-53-49(33-41)47-13-5-7-15-51(47)62-53/h1-34H. The first kappa shape index (κ1) is 36.2. The largest absolute Gasteiger partial charge is 0.264 e. The molecule has 0 saturated heterocycles. The average Bonchev–Trinajstić information content (AvgIpc) is 3.92. The third-order valence-corrected chi connectivity index (χ3v) is 13.9. The zero-order valence-corrected chi connectivity index (χ0v) is 34.9. The van der Waals surface area contributed by atoms with Crippen LogP contribution < -0.4 is 0 Å². The summed E-state index contributed by atoms with van der Waals surface area (Å²) in [6.45, 7) is 0. The molecule has 0 N–H and O–H groups in total. The summed E-state index contributed by atoms with van der Waals surface area (Å²) < 4.78 is 5.14. The van der Waals surface area contributed by atoms with Crippen LogP contribution in [-0.4, -0.2) is 19.9 Å². The zero-order valence-electron chi connectivity index (χ0n) is 33.2. The predicted molar refractivity (Wildman–Crippen MR) is 261 cm³/mol. The Morgan fingerprint density at radius 3 is 1.19 bits per heavy atom. The molecule has 62 heavy (non-hydrogen) atoms. The van der Waals surface area contributed by atoms with E-state index in [1.807, 2.05) is 41.0 Å². The van der Waals surface area contributed by atoms with Crippen LogP contribution in [0.3, 0.4) is 0 Å². The van der Waals surface area contributed by atoms with Crippen LogP contribution in [0.15, 0.2) is 207 Å². The summed E-state index contributed by atoms with van der Waals surface area (Å²) in [5.74, 6) is 1.84. The number of rotatable bonds is 7. The average molecular weight is 827 g/mol. The maximum absolute atomic E-state index is 5.27. The minimum absolute atomic E-state index is 0.610. The molecule has 0 unspecified atom stereocenters. The van der Waals surface area contributed by atoms with Crippen LogP contribution in [0.5, 0.6) is 0 Å². The Morgan fingerprint density at radius 1 is 0.258 bits per heavy atom. The Morgan fingerprint density at radius 2 is 0.661 bits per heavy atom. The number of nitrogens with zero attached hydrogens (tertiary/aromatic N) is 4. The van der Waals surface area contributed by atoms with Crippen LogP contribution in [-0.2, 0) is 0 Å². The van der Waals surface area contributed by atoms with Crippen LogP contribution in [0.25, 0.3) is 119 Å². The maximum atomic E-state index is 5.27. The van der Waals surface area contributed by atoms with Crippen molar-refractivity contribution >= 4 is 63.0 Å². The molecule has 4 nitrogen and oxygen atoms in total. The first-order chi connectivity index (χ1) is 30.7. The van der Waals surface area contributed by atoms with Crippen molar-refractivity contribution in [3.63, 3.8) is 0 Å². The van der Waals surface area contributed by atoms with Gasteiger partial charge in [-0.3, -0.25) is 4.98 Å². The Kier molecular flexibility index (Phi) is 8.84. The third kappa shape index (κ3) is 6.63. The fraction of sp³-hybridized carbons (Fsp3) is 0. The monoisotopic (exact) mass is 826 g/mol. The first-order valence-corrected chi connectivity index (χ1v) is 22.2. The number of aromatic nitrogens is 4. The number of benzene rings is 8. The molecule has 4 aromatic heterocycles. The third-order valence-electron chi connectivity index (χ3n) is 11.6. The van der Waals surface area contributed by atoms with Crippen molar-refractivity contribution in [1.82, 2.24) is 19.9 Å². The van der Waals surface area contributed by atoms with Crippen molar-refractivity contribution in [1.29, 1.82) is 0 Å². The molecule has 0 atom stereocenters. The number of fused-ring (bicyclic) bond motifs is 6. The smallest absolute Gasteiger partial charge is 0.164 e. The quantitative estimate of drug-likeness (QED) is 0.161. The lowest BCUT2D eigenvalue weighted by Gasteiger charge is -2.13. The predicted octanol–water partition coefficient (Wildman–Crippen LogP) is 15.7. The van der Waals surface area contributed by atoms with Crippen molar-refractivity contribution in [2.75, 3.05) is 0 Å². The van der Waals surface area contributed by atoms with Gasteiger partial charge in [0.2, 0.25) is 0 Å². The molecular weight excluding hydrogens is 793 g/mol. The van der Waals surface area contributed by atoms with Gasteiger partial charge in [-0.05, 0) is 105 Å². The Balaban J connectivity index is 1.05. The molecule has 12 aromatic rings. The number of thiophene rings is 2. The Hall–Kier alpha value is -7.64. The van der Waals surface area contributed by atoms with E-state index >= 15 is 0 Å². The molecule has 0 fully saturated rings. The van der Waals surface area contributed by atoms with Crippen LogP contribution in [0.4, 0.5) is 0 Å². The van der Waals surface area contributed by atoms with Crippen molar-refractivity contribution in [2.24, 2.45) is 0 Å². The number of pyridine rings is 1. The summed E-state index contributed by atoms with van der Waals surface area (Å²) >= 11 is 3.67. The Labute approximate surface area is 366 Å². The molecule has 0 bridgehead atoms. The van der Waals surface area contributed by atoms with Crippen LogP contribution in [0.1, 0.15) is 0 Å². The second-order valence-corrected chi connectivity index (χ2v) is 17.7. The van der Waals surface area contributed by atoms with Gasteiger partial charge in [0, 0.05) is 69.4 Å². The van der Waals surface area contributed by atoms with E-state index in [1.165, 1.54) is 40.3 Å². The zero-order chi connectivity index (χ0) is 41.0. The highest BCUT2D eigenvalue weighted by atomic mass is 32.1. The summed E-state index contributed by atoms with van der Waals surface area (Å²) in [5, 5.41) is 5.08. The van der Waals surface area contributed by atoms with E-state index in [4.69, 9.17) is 15.0 Å². The van der Waals surface area contributed by atoms with Gasteiger partial charge < -0.3 is 0 Å². The normalized spacial score (nSPS) is 11.5. The van der Waals surface area contributed by atoms with Crippen molar-refractivity contribution in [2.45, 2.75) is 0 Å². The topological polar surface area (TPSA) is 51.6 Å². The summed E-state index contributed by atoms with van der Waals surface area (Å²) in [5.41, 5.74) is 11.7. The highest BCUT2D eigenvalue weighted by molar-refractivity contribution is 7.26. The molecule has 0 aliphatic rings. The van der Waals surface area contributed by atoms with Crippen LogP contribution in [0.2, 0.25) is 0 Å². The molecule has 0 amide bonds. The minimum Gasteiger partial charge on any atom is -0.264 e. The van der Waals surface area contributed by atoms with Gasteiger partial charge in [-0.25, -0.2) is 15.0 Å². The summed E-state index contributed by atoms with van der Waals surface area (Å²) in [4.78, 5) is 20.0. The highest BCUT2D eigenvalue weighted by Crippen LogP contribution is 2.41. The van der Waals surface area contributed by atoms with Gasteiger partial charge in [0.1, 0.15) is 0 Å². The van der Waals surface area contributed by atoms with E-state index in [1.54, 1.807) is 6.20 Å². The van der Waals surface area contributed by atoms with Gasteiger partial charge in [-0.1, -0.05) is 133 Å². The lowest BCUT2D eigenvalue weighted by molar-refractivity contribution is 1.07. The lowest BCUT2D eigenvalue weighted by Crippen LogP contribution is -2.00. The number of hydrogen-bond donors (Lipinski definition) is 0. The van der Waals surface area contributed by atoms with E-state index < -0.39 is 0 Å². The van der Waals surface area contributed by atoms with Crippen molar-refractivity contribution in [3.05, 3.63) is 207 Å². The van der Waals surface area contributed by atoms with E-state index in [-0.39, 0.29) is 0 Å². The molecule has 0 aliphatic carbocycles. The lowest BCUT2D eigenvalue weighted by atomic mass is 9.94. The first-order valence-electron chi connectivity index (χ1n) is 20.6. The molecule has 0 radical (unpaired) electrons. The molecule has 0 saturated carbocycles. The molecular formula is C56H34N4S2. The molecule has 290 valence electrons. The molecule has 6 heteroatoms. The molecule has 0 aliphatic heterocycles.